The maximum absolute atomic E-state index is 3.36. The van der Waals surface area contributed by atoms with Gasteiger partial charge in [0.2, 0.25) is 0 Å². The molecule has 1 aromatic rings. The van der Waals surface area contributed by atoms with Gasteiger partial charge in [0.15, 0.2) is 0 Å². The maximum Gasteiger partial charge on any atom is 2.00 e. The number of rotatable bonds is 2. The van der Waals surface area contributed by atoms with Crippen LogP contribution in [-0.2, 0) is 6.54 Å². The normalized spacial score (nSPS) is 16.3. The molecule has 0 aromatic heterocycles. The van der Waals surface area contributed by atoms with Crippen LogP contribution in [0.25, 0.3) is 0 Å². The second-order valence-corrected chi connectivity index (χ2v) is 3.51. The molecular formula is C11H16BrMgN2+. The SMILES string of the molecule is [Br-].[Mg+2].c1ccc(CN2CCNCC2)cc1. The standard InChI is InChI=1S/C11H16N2.BrH.Mg/c1-2-4-11(5-3-1)10-13-8-6-12-7-9-13;;/h1-5,12H,6-10H2;1H;/q;;+2/p-1. The second kappa shape index (κ2) is 8.53. The van der Waals surface area contributed by atoms with Crippen molar-refractivity contribution in [3.8, 4) is 0 Å². The molecule has 78 valence electrons. The van der Waals surface area contributed by atoms with Crippen LogP contribution in [0.15, 0.2) is 30.3 Å². The summed E-state index contributed by atoms with van der Waals surface area (Å²) < 4.78 is 0. The number of benzene rings is 1. The molecule has 15 heavy (non-hydrogen) atoms. The van der Waals surface area contributed by atoms with Gasteiger partial charge in [0.05, 0.1) is 0 Å². The molecule has 1 N–H and O–H groups in total. The number of nitrogens with zero attached hydrogens (tertiary/aromatic N) is 1. The predicted octanol–water partition coefficient (Wildman–Crippen LogP) is -2.28. The molecule has 1 fully saturated rings. The van der Waals surface area contributed by atoms with E-state index < -0.39 is 0 Å². The van der Waals surface area contributed by atoms with E-state index >= 15 is 0 Å². The molecule has 2 rings (SSSR count). The summed E-state index contributed by atoms with van der Waals surface area (Å²) in [5.41, 5.74) is 1.42. The van der Waals surface area contributed by atoms with Gasteiger partial charge in [-0.3, -0.25) is 4.90 Å². The van der Waals surface area contributed by atoms with Crippen molar-refractivity contribution in [3.05, 3.63) is 35.9 Å². The quantitative estimate of drug-likeness (QED) is 0.614. The Hall–Kier alpha value is 0.386. The van der Waals surface area contributed by atoms with E-state index in [9.17, 15) is 0 Å². The third kappa shape index (κ3) is 5.31. The van der Waals surface area contributed by atoms with Gasteiger partial charge in [-0.05, 0) is 5.56 Å². The zero-order chi connectivity index (χ0) is 8.93. The van der Waals surface area contributed by atoms with Gasteiger partial charge in [0, 0.05) is 32.7 Å². The molecular weight excluding hydrogens is 264 g/mol. The van der Waals surface area contributed by atoms with Crippen molar-refractivity contribution in [3.63, 3.8) is 0 Å². The minimum absolute atomic E-state index is 0. The Morgan fingerprint density at radius 1 is 1.07 bits per heavy atom. The Kier molecular flexibility index (Phi) is 8.75. The molecule has 0 atom stereocenters. The molecule has 1 aliphatic heterocycles. The van der Waals surface area contributed by atoms with Crippen LogP contribution in [0.2, 0.25) is 0 Å². The smallest absolute Gasteiger partial charge is 1.00 e. The molecule has 1 heterocycles. The van der Waals surface area contributed by atoms with E-state index in [2.05, 4.69) is 40.5 Å². The van der Waals surface area contributed by atoms with Gasteiger partial charge in [-0.2, -0.15) is 0 Å². The average molecular weight is 280 g/mol. The minimum Gasteiger partial charge on any atom is -1.00 e. The minimum atomic E-state index is 0. The van der Waals surface area contributed by atoms with Gasteiger partial charge in [0.25, 0.3) is 0 Å². The molecule has 1 saturated heterocycles. The first-order valence-electron chi connectivity index (χ1n) is 4.92. The molecule has 2 nitrogen and oxygen atoms in total. The summed E-state index contributed by atoms with van der Waals surface area (Å²) in [5.74, 6) is 0. The van der Waals surface area contributed by atoms with Crippen LogP contribution in [0.5, 0.6) is 0 Å². The van der Waals surface area contributed by atoms with Crippen molar-refractivity contribution in [1.82, 2.24) is 10.2 Å². The first kappa shape index (κ1) is 15.4. The van der Waals surface area contributed by atoms with Crippen molar-refractivity contribution in [2.45, 2.75) is 6.54 Å². The van der Waals surface area contributed by atoms with Crippen LogP contribution >= 0.6 is 0 Å². The van der Waals surface area contributed by atoms with Gasteiger partial charge in [0.1, 0.15) is 0 Å². The molecule has 1 aliphatic rings. The molecule has 4 heteroatoms. The molecule has 0 spiro atoms. The Bertz CT molecular complexity index is 250. The van der Waals surface area contributed by atoms with E-state index in [0.717, 1.165) is 19.6 Å². The van der Waals surface area contributed by atoms with Crippen LogP contribution in [0.3, 0.4) is 0 Å². The van der Waals surface area contributed by atoms with E-state index in [1.54, 1.807) is 0 Å². The van der Waals surface area contributed by atoms with Crippen molar-refractivity contribution < 1.29 is 17.0 Å². The summed E-state index contributed by atoms with van der Waals surface area (Å²) in [4.78, 5) is 2.49. The summed E-state index contributed by atoms with van der Waals surface area (Å²) in [6.45, 7) is 5.71. The van der Waals surface area contributed by atoms with E-state index in [-0.39, 0.29) is 40.0 Å². The summed E-state index contributed by atoms with van der Waals surface area (Å²) in [5, 5.41) is 3.36. The van der Waals surface area contributed by atoms with E-state index in [1.807, 2.05) is 0 Å². The van der Waals surface area contributed by atoms with Crippen molar-refractivity contribution >= 4 is 23.1 Å². The van der Waals surface area contributed by atoms with E-state index in [4.69, 9.17) is 0 Å². The Labute approximate surface area is 118 Å². The number of halogens is 1. The zero-order valence-electron chi connectivity index (χ0n) is 8.95. The topological polar surface area (TPSA) is 15.3 Å². The van der Waals surface area contributed by atoms with Crippen LogP contribution in [0.1, 0.15) is 5.56 Å². The third-order valence-corrected chi connectivity index (χ3v) is 2.46. The monoisotopic (exact) mass is 279 g/mol. The van der Waals surface area contributed by atoms with Gasteiger partial charge in [-0.1, -0.05) is 30.3 Å². The molecule has 0 bridgehead atoms. The fourth-order valence-corrected chi connectivity index (χ4v) is 1.71. The fraction of sp³-hybridized carbons (Fsp3) is 0.455. The fourth-order valence-electron chi connectivity index (χ4n) is 1.71. The van der Waals surface area contributed by atoms with Crippen LogP contribution in [0.4, 0.5) is 0 Å². The summed E-state index contributed by atoms with van der Waals surface area (Å²) in [7, 11) is 0. The zero-order valence-corrected chi connectivity index (χ0v) is 12.0. The molecule has 0 aliphatic carbocycles. The van der Waals surface area contributed by atoms with E-state index in [1.165, 1.54) is 18.7 Å². The van der Waals surface area contributed by atoms with Crippen LogP contribution in [0, 0.1) is 0 Å². The van der Waals surface area contributed by atoms with Crippen molar-refractivity contribution in [1.29, 1.82) is 0 Å². The van der Waals surface area contributed by atoms with Crippen molar-refractivity contribution in [2.24, 2.45) is 0 Å². The summed E-state index contributed by atoms with van der Waals surface area (Å²) in [6, 6.07) is 10.7. The Morgan fingerprint density at radius 2 is 1.67 bits per heavy atom. The molecule has 0 unspecified atom stereocenters. The first-order chi connectivity index (χ1) is 6.45. The molecule has 1 aromatic carbocycles. The van der Waals surface area contributed by atoms with Gasteiger partial charge in [-0.15, -0.1) is 0 Å². The first-order valence-corrected chi connectivity index (χ1v) is 4.92. The number of hydrogen-bond acceptors (Lipinski definition) is 2. The third-order valence-electron chi connectivity index (χ3n) is 2.46. The van der Waals surface area contributed by atoms with Crippen molar-refractivity contribution in [2.75, 3.05) is 26.2 Å². The van der Waals surface area contributed by atoms with Gasteiger partial charge >= 0.3 is 23.1 Å². The second-order valence-electron chi connectivity index (χ2n) is 3.51. The average Bonchev–Trinajstić information content (AvgIpc) is 2.21. The van der Waals surface area contributed by atoms with Crippen LogP contribution < -0.4 is 22.3 Å². The molecule has 0 radical (unpaired) electrons. The number of hydrogen-bond donors (Lipinski definition) is 1. The molecule has 0 saturated carbocycles. The van der Waals surface area contributed by atoms with E-state index in [0.29, 0.717) is 0 Å². The maximum atomic E-state index is 3.36. The predicted molar refractivity (Wildman–Crippen MR) is 60.3 cm³/mol. The number of piperazine rings is 1. The summed E-state index contributed by atoms with van der Waals surface area (Å²) >= 11 is 0. The van der Waals surface area contributed by atoms with Crippen LogP contribution in [-0.4, -0.2) is 54.1 Å². The Morgan fingerprint density at radius 3 is 2.27 bits per heavy atom. The van der Waals surface area contributed by atoms with Gasteiger partial charge < -0.3 is 22.3 Å². The largest absolute Gasteiger partial charge is 2.00 e. The van der Waals surface area contributed by atoms with Gasteiger partial charge in [-0.25, -0.2) is 0 Å². The number of nitrogens with one attached hydrogen (secondary N) is 1. The molecule has 0 amide bonds. The Balaban J connectivity index is 0.000000980. The summed E-state index contributed by atoms with van der Waals surface area (Å²) in [6.07, 6.45) is 0.